The molecule has 1 amide bonds. The molecule has 1 aliphatic heterocycles. The lowest BCUT2D eigenvalue weighted by molar-refractivity contribution is -0.117. The van der Waals surface area contributed by atoms with E-state index >= 15 is 0 Å². The van der Waals surface area contributed by atoms with E-state index in [1.54, 1.807) is 0 Å². The number of hydrogen-bond donors (Lipinski definition) is 0. The number of hydrogen-bond acceptors (Lipinski definition) is 1. The minimum atomic E-state index is 0.203. The molecule has 0 radical (unpaired) electrons. The third kappa shape index (κ3) is 1.36. The summed E-state index contributed by atoms with van der Waals surface area (Å²) < 4.78 is 1.03. The quantitative estimate of drug-likeness (QED) is 0.754. The van der Waals surface area contributed by atoms with Crippen molar-refractivity contribution in [3.8, 4) is 0 Å². The molecule has 0 aliphatic carbocycles. The van der Waals surface area contributed by atoms with Crippen molar-refractivity contribution >= 4 is 27.5 Å². The van der Waals surface area contributed by atoms with Crippen molar-refractivity contribution in [1.29, 1.82) is 0 Å². The fourth-order valence-electron chi connectivity index (χ4n) is 1.96. The third-order valence-electron chi connectivity index (χ3n) is 2.52. The number of fused-ring (bicyclic) bond motifs is 1. The molecule has 0 saturated carbocycles. The Kier molecular flexibility index (Phi) is 2.35. The van der Waals surface area contributed by atoms with Gasteiger partial charge in [-0.3, -0.25) is 4.79 Å². The van der Waals surface area contributed by atoms with E-state index in [1.165, 1.54) is 5.56 Å². The number of rotatable bonds is 1. The lowest BCUT2D eigenvalue weighted by Crippen LogP contribution is -2.26. The van der Waals surface area contributed by atoms with Crippen LogP contribution in [-0.2, 0) is 11.2 Å². The smallest absolute Gasteiger partial charge is 0.231 e. The van der Waals surface area contributed by atoms with Crippen molar-refractivity contribution in [2.45, 2.75) is 20.3 Å². The highest BCUT2D eigenvalue weighted by Crippen LogP contribution is 2.36. The standard InChI is InChI=1S/C11H12BrNO/c1-3-13-10(14)6-8-4-7(2)5-9(12)11(8)13/h4-5H,3,6H2,1-2H3. The van der Waals surface area contributed by atoms with E-state index in [0.29, 0.717) is 6.42 Å². The van der Waals surface area contributed by atoms with Crippen LogP contribution in [0.1, 0.15) is 18.1 Å². The zero-order valence-electron chi connectivity index (χ0n) is 8.30. The Morgan fingerprint density at radius 2 is 2.21 bits per heavy atom. The number of amides is 1. The molecule has 0 N–H and O–H groups in total. The molecule has 0 aromatic heterocycles. The van der Waals surface area contributed by atoms with Crippen LogP contribution in [0.2, 0.25) is 0 Å². The van der Waals surface area contributed by atoms with E-state index in [9.17, 15) is 4.79 Å². The largest absolute Gasteiger partial charge is 0.311 e. The van der Waals surface area contributed by atoms with Gasteiger partial charge in [-0.2, -0.15) is 0 Å². The maximum atomic E-state index is 11.6. The monoisotopic (exact) mass is 253 g/mol. The van der Waals surface area contributed by atoms with E-state index < -0.39 is 0 Å². The number of aryl methyl sites for hydroxylation is 1. The van der Waals surface area contributed by atoms with Gasteiger partial charge >= 0.3 is 0 Å². The Morgan fingerprint density at radius 3 is 2.86 bits per heavy atom. The van der Waals surface area contributed by atoms with Crippen molar-refractivity contribution in [2.75, 3.05) is 11.4 Å². The van der Waals surface area contributed by atoms with Gasteiger partial charge in [0.1, 0.15) is 0 Å². The molecule has 0 atom stereocenters. The first-order valence-corrected chi connectivity index (χ1v) is 5.52. The molecule has 1 aromatic rings. The zero-order chi connectivity index (χ0) is 10.3. The molecule has 1 aliphatic rings. The summed E-state index contributed by atoms with van der Waals surface area (Å²) in [6.07, 6.45) is 0.545. The van der Waals surface area contributed by atoms with Gasteiger partial charge in [-0.05, 0) is 47.0 Å². The zero-order valence-corrected chi connectivity index (χ0v) is 9.89. The fourth-order valence-corrected chi connectivity index (χ4v) is 2.79. The summed E-state index contributed by atoms with van der Waals surface area (Å²) in [6.45, 7) is 4.79. The molecule has 0 spiro atoms. The third-order valence-corrected chi connectivity index (χ3v) is 3.12. The van der Waals surface area contributed by atoms with E-state index in [4.69, 9.17) is 0 Å². The van der Waals surface area contributed by atoms with E-state index in [2.05, 4.69) is 28.1 Å². The van der Waals surface area contributed by atoms with Crippen LogP contribution in [0.3, 0.4) is 0 Å². The minimum absolute atomic E-state index is 0.203. The van der Waals surface area contributed by atoms with Crippen LogP contribution in [-0.4, -0.2) is 12.5 Å². The normalized spacial score (nSPS) is 14.8. The van der Waals surface area contributed by atoms with Crippen LogP contribution < -0.4 is 4.90 Å². The summed E-state index contributed by atoms with van der Waals surface area (Å²) in [5.41, 5.74) is 3.40. The van der Waals surface area contributed by atoms with Gasteiger partial charge in [0.05, 0.1) is 12.1 Å². The average molecular weight is 254 g/mol. The lowest BCUT2D eigenvalue weighted by atomic mass is 10.1. The molecule has 1 heterocycles. The Balaban J connectivity index is 2.58. The molecule has 74 valence electrons. The summed E-state index contributed by atoms with van der Waals surface area (Å²) in [7, 11) is 0. The number of nitrogens with zero attached hydrogens (tertiary/aromatic N) is 1. The lowest BCUT2D eigenvalue weighted by Gasteiger charge is -2.16. The van der Waals surface area contributed by atoms with Crippen LogP contribution in [0, 0.1) is 6.92 Å². The van der Waals surface area contributed by atoms with Crippen LogP contribution in [0.25, 0.3) is 0 Å². The van der Waals surface area contributed by atoms with Gasteiger partial charge in [0.15, 0.2) is 0 Å². The SMILES string of the molecule is CCN1C(=O)Cc2cc(C)cc(Br)c21. The number of anilines is 1. The van der Waals surface area contributed by atoms with Gasteiger partial charge in [-0.15, -0.1) is 0 Å². The molecule has 3 heteroatoms. The van der Waals surface area contributed by atoms with Gasteiger partial charge in [0.2, 0.25) is 5.91 Å². The predicted molar refractivity (Wildman–Crippen MR) is 60.6 cm³/mol. The van der Waals surface area contributed by atoms with Crippen molar-refractivity contribution < 1.29 is 4.79 Å². The highest BCUT2D eigenvalue weighted by molar-refractivity contribution is 9.10. The number of likely N-dealkylation sites (N-methyl/N-ethyl adjacent to an activating group) is 1. The second kappa shape index (κ2) is 3.39. The van der Waals surface area contributed by atoms with Crippen LogP contribution >= 0.6 is 15.9 Å². The molecule has 2 rings (SSSR count). The number of carbonyl (C=O) groups is 1. The van der Waals surface area contributed by atoms with Crippen LogP contribution in [0.4, 0.5) is 5.69 Å². The second-order valence-electron chi connectivity index (χ2n) is 3.57. The van der Waals surface area contributed by atoms with Crippen molar-refractivity contribution in [3.63, 3.8) is 0 Å². The Bertz CT molecular complexity index is 401. The summed E-state index contributed by atoms with van der Waals surface area (Å²) >= 11 is 3.51. The molecular formula is C11H12BrNO. The minimum Gasteiger partial charge on any atom is -0.311 e. The van der Waals surface area contributed by atoms with Crippen molar-refractivity contribution in [1.82, 2.24) is 0 Å². The first-order valence-electron chi connectivity index (χ1n) is 4.73. The van der Waals surface area contributed by atoms with Gasteiger partial charge < -0.3 is 4.90 Å². The van der Waals surface area contributed by atoms with Crippen molar-refractivity contribution in [3.05, 3.63) is 27.7 Å². The van der Waals surface area contributed by atoms with Gasteiger partial charge in [-0.25, -0.2) is 0 Å². The summed E-state index contributed by atoms with van der Waals surface area (Å²) in [6, 6.07) is 4.15. The molecule has 0 unspecified atom stereocenters. The number of benzene rings is 1. The Hall–Kier alpha value is -0.830. The maximum Gasteiger partial charge on any atom is 0.231 e. The number of halogens is 1. The molecular weight excluding hydrogens is 242 g/mol. The first-order chi connectivity index (χ1) is 6.63. The highest BCUT2D eigenvalue weighted by atomic mass is 79.9. The highest BCUT2D eigenvalue weighted by Gasteiger charge is 2.27. The summed E-state index contributed by atoms with van der Waals surface area (Å²) in [5, 5.41) is 0. The fraction of sp³-hybridized carbons (Fsp3) is 0.364. The summed E-state index contributed by atoms with van der Waals surface area (Å²) in [5.74, 6) is 0.203. The topological polar surface area (TPSA) is 20.3 Å². The van der Waals surface area contributed by atoms with Crippen LogP contribution in [0.15, 0.2) is 16.6 Å². The maximum absolute atomic E-state index is 11.6. The Labute approximate surface area is 92.0 Å². The van der Waals surface area contributed by atoms with Gasteiger partial charge in [-0.1, -0.05) is 6.07 Å². The van der Waals surface area contributed by atoms with Crippen molar-refractivity contribution in [2.24, 2.45) is 0 Å². The van der Waals surface area contributed by atoms with Gasteiger partial charge in [0.25, 0.3) is 0 Å². The molecule has 14 heavy (non-hydrogen) atoms. The van der Waals surface area contributed by atoms with Gasteiger partial charge in [0, 0.05) is 11.0 Å². The molecule has 0 saturated heterocycles. The average Bonchev–Trinajstić information content (AvgIpc) is 2.40. The molecule has 2 nitrogen and oxygen atoms in total. The van der Waals surface area contributed by atoms with E-state index in [0.717, 1.165) is 22.3 Å². The summed E-state index contributed by atoms with van der Waals surface area (Å²) in [4.78, 5) is 13.5. The predicted octanol–water partition coefficient (Wildman–Crippen LogP) is 2.67. The molecule has 0 bridgehead atoms. The van der Waals surface area contributed by atoms with E-state index in [1.807, 2.05) is 18.7 Å². The molecule has 0 fully saturated rings. The Morgan fingerprint density at radius 1 is 1.50 bits per heavy atom. The van der Waals surface area contributed by atoms with Crippen LogP contribution in [0.5, 0.6) is 0 Å². The molecule has 1 aromatic carbocycles. The second-order valence-corrected chi connectivity index (χ2v) is 4.42. The number of carbonyl (C=O) groups excluding carboxylic acids is 1. The first kappa shape index (κ1) is 9.71. The van der Waals surface area contributed by atoms with E-state index in [-0.39, 0.29) is 5.91 Å².